The maximum Gasteiger partial charge on any atom is 0.417 e. The van der Waals surface area contributed by atoms with E-state index in [4.69, 9.17) is 0 Å². The van der Waals surface area contributed by atoms with Crippen LogP contribution in [0.2, 0.25) is 0 Å². The van der Waals surface area contributed by atoms with Gasteiger partial charge in [0, 0.05) is 6.04 Å². The second-order valence-electron chi connectivity index (χ2n) is 4.95. The third-order valence-corrected chi connectivity index (χ3v) is 4.99. The smallest absolute Gasteiger partial charge is 0.208 e. The highest BCUT2D eigenvalue weighted by atomic mass is 32.2. The first kappa shape index (κ1) is 15.3. The molecule has 0 heterocycles. The van der Waals surface area contributed by atoms with Gasteiger partial charge in [0.15, 0.2) is 0 Å². The van der Waals surface area contributed by atoms with E-state index in [1.54, 1.807) is 0 Å². The zero-order chi connectivity index (χ0) is 14.8. The van der Waals surface area contributed by atoms with Gasteiger partial charge in [0.05, 0.1) is 10.5 Å². The van der Waals surface area contributed by atoms with Crippen LogP contribution in [-0.4, -0.2) is 14.5 Å². The average Bonchev–Trinajstić information content (AvgIpc) is 2.38. The highest BCUT2D eigenvalue weighted by Crippen LogP contribution is 2.34. The Kier molecular flexibility index (Phi) is 4.39. The molecule has 1 fully saturated rings. The summed E-state index contributed by atoms with van der Waals surface area (Å²) >= 11 is 0. The van der Waals surface area contributed by atoms with Crippen LogP contribution >= 0.6 is 0 Å². The second-order valence-corrected chi connectivity index (χ2v) is 6.63. The largest absolute Gasteiger partial charge is 0.417 e. The molecule has 1 N–H and O–H groups in total. The van der Waals surface area contributed by atoms with Crippen LogP contribution in [0, 0.1) is 0 Å². The van der Waals surface area contributed by atoms with Crippen molar-refractivity contribution in [1.82, 2.24) is 4.72 Å². The van der Waals surface area contributed by atoms with Crippen LogP contribution in [0.5, 0.6) is 0 Å². The zero-order valence-electron chi connectivity index (χ0n) is 10.8. The normalized spacial score (nSPS) is 18.1. The molecular formula is C13H16F3NO2S. The van der Waals surface area contributed by atoms with Crippen molar-refractivity contribution in [3.8, 4) is 0 Å². The minimum atomic E-state index is -4.68. The molecule has 1 aromatic carbocycles. The lowest BCUT2D eigenvalue weighted by molar-refractivity contribution is -0.139. The van der Waals surface area contributed by atoms with Crippen LogP contribution in [0.3, 0.4) is 0 Å². The number of rotatable bonds is 3. The van der Waals surface area contributed by atoms with Crippen molar-refractivity contribution < 1.29 is 21.6 Å². The number of nitrogens with one attached hydrogen (secondary N) is 1. The Balaban J connectivity index is 2.29. The Morgan fingerprint density at radius 2 is 1.65 bits per heavy atom. The van der Waals surface area contributed by atoms with Crippen LogP contribution in [0.25, 0.3) is 0 Å². The summed E-state index contributed by atoms with van der Waals surface area (Å²) in [5.41, 5.74) is -1.12. The number of alkyl halides is 3. The van der Waals surface area contributed by atoms with Crippen LogP contribution in [0.1, 0.15) is 37.7 Å². The van der Waals surface area contributed by atoms with Crippen molar-refractivity contribution in [2.75, 3.05) is 0 Å². The van der Waals surface area contributed by atoms with E-state index < -0.39 is 26.7 Å². The molecule has 1 aromatic rings. The Labute approximate surface area is 116 Å². The van der Waals surface area contributed by atoms with Crippen molar-refractivity contribution in [3.05, 3.63) is 29.8 Å². The van der Waals surface area contributed by atoms with Gasteiger partial charge in [-0.1, -0.05) is 31.4 Å². The first-order valence-corrected chi connectivity index (χ1v) is 7.97. The van der Waals surface area contributed by atoms with Gasteiger partial charge in [0.2, 0.25) is 10.0 Å². The molecule has 1 aliphatic rings. The van der Waals surface area contributed by atoms with Crippen LogP contribution in [0.4, 0.5) is 13.2 Å². The van der Waals surface area contributed by atoms with Gasteiger partial charge in [-0.15, -0.1) is 0 Å². The summed E-state index contributed by atoms with van der Waals surface area (Å²) in [6.07, 6.45) is -0.502. The third-order valence-electron chi connectivity index (χ3n) is 3.41. The molecule has 20 heavy (non-hydrogen) atoms. The minimum Gasteiger partial charge on any atom is -0.208 e. The summed E-state index contributed by atoms with van der Waals surface area (Å²) in [5.74, 6) is 0. The standard InChI is InChI=1S/C13H16F3NO2S/c14-13(15,16)11-8-4-5-9-12(11)20(18,19)17-10-6-2-1-3-7-10/h4-5,8-10,17H,1-3,6-7H2. The lowest BCUT2D eigenvalue weighted by Crippen LogP contribution is -2.37. The van der Waals surface area contributed by atoms with Crippen molar-refractivity contribution in [1.29, 1.82) is 0 Å². The number of hydrogen-bond acceptors (Lipinski definition) is 2. The highest BCUT2D eigenvalue weighted by Gasteiger charge is 2.37. The summed E-state index contributed by atoms with van der Waals surface area (Å²) in [7, 11) is -4.14. The number of halogens is 3. The zero-order valence-corrected chi connectivity index (χ0v) is 11.6. The van der Waals surface area contributed by atoms with E-state index in [2.05, 4.69) is 4.72 Å². The first-order chi connectivity index (χ1) is 9.31. The summed E-state index contributed by atoms with van der Waals surface area (Å²) in [4.78, 5) is -0.696. The molecule has 0 unspecified atom stereocenters. The predicted molar refractivity (Wildman–Crippen MR) is 68.6 cm³/mol. The average molecular weight is 307 g/mol. The molecule has 0 aliphatic heterocycles. The van der Waals surface area contributed by atoms with Crippen molar-refractivity contribution in [2.45, 2.75) is 49.2 Å². The van der Waals surface area contributed by atoms with Gasteiger partial charge in [-0.25, -0.2) is 13.1 Å². The number of sulfonamides is 1. The number of benzene rings is 1. The fourth-order valence-corrected chi connectivity index (χ4v) is 3.97. The van der Waals surface area contributed by atoms with E-state index in [0.717, 1.165) is 31.4 Å². The van der Waals surface area contributed by atoms with E-state index in [0.29, 0.717) is 12.8 Å². The van der Waals surface area contributed by atoms with Gasteiger partial charge in [-0.3, -0.25) is 0 Å². The molecule has 1 aliphatic carbocycles. The van der Waals surface area contributed by atoms with Gasteiger partial charge in [-0.2, -0.15) is 13.2 Å². The maximum atomic E-state index is 12.9. The Morgan fingerprint density at radius 3 is 2.25 bits per heavy atom. The molecule has 0 radical (unpaired) electrons. The van der Waals surface area contributed by atoms with Gasteiger partial charge >= 0.3 is 6.18 Å². The van der Waals surface area contributed by atoms with Gasteiger partial charge in [0.1, 0.15) is 0 Å². The molecule has 0 bridgehead atoms. The van der Waals surface area contributed by atoms with Gasteiger partial charge in [-0.05, 0) is 25.0 Å². The molecule has 0 spiro atoms. The third kappa shape index (κ3) is 3.52. The van der Waals surface area contributed by atoms with Crippen LogP contribution in [-0.2, 0) is 16.2 Å². The van der Waals surface area contributed by atoms with E-state index in [9.17, 15) is 21.6 Å². The molecule has 1 saturated carbocycles. The van der Waals surface area contributed by atoms with Crippen molar-refractivity contribution in [3.63, 3.8) is 0 Å². The summed E-state index contributed by atoms with van der Waals surface area (Å²) in [5, 5.41) is 0. The fourth-order valence-electron chi connectivity index (χ4n) is 2.44. The molecule has 0 atom stereocenters. The van der Waals surface area contributed by atoms with Crippen LogP contribution in [0.15, 0.2) is 29.2 Å². The van der Waals surface area contributed by atoms with E-state index >= 15 is 0 Å². The SMILES string of the molecule is O=S(=O)(NC1CCCCC1)c1ccccc1C(F)(F)F. The van der Waals surface area contributed by atoms with Crippen molar-refractivity contribution in [2.24, 2.45) is 0 Å². The molecule has 0 amide bonds. The van der Waals surface area contributed by atoms with Gasteiger partial charge in [0.25, 0.3) is 0 Å². The first-order valence-electron chi connectivity index (χ1n) is 6.49. The molecule has 2 rings (SSSR count). The predicted octanol–water partition coefficient (Wildman–Crippen LogP) is 3.32. The van der Waals surface area contributed by atoms with E-state index in [1.807, 2.05) is 0 Å². The molecule has 0 aromatic heterocycles. The van der Waals surface area contributed by atoms with Crippen LogP contribution < -0.4 is 4.72 Å². The van der Waals surface area contributed by atoms with E-state index in [-0.39, 0.29) is 6.04 Å². The topological polar surface area (TPSA) is 46.2 Å². The Morgan fingerprint density at radius 1 is 1.05 bits per heavy atom. The summed E-state index contributed by atoms with van der Waals surface area (Å²) < 4.78 is 65.3. The van der Waals surface area contributed by atoms with Gasteiger partial charge < -0.3 is 0 Å². The fraction of sp³-hybridized carbons (Fsp3) is 0.538. The second kappa shape index (κ2) is 5.73. The minimum absolute atomic E-state index is 0.268. The lowest BCUT2D eigenvalue weighted by atomic mass is 9.96. The lowest BCUT2D eigenvalue weighted by Gasteiger charge is -2.23. The Hall–Kier alpha value is -1.08. The van der Waals surface area contributed by atoms with E-state index in [1.165, 1.54) is 12.1 Å². The Bertz CT molecular complexity index is 563. The quantitative estimate of drug-likeness (QED) is 0.931. The summed E-state index contributed by atoms with van der Waals surface area (Å²) in [6, 6.07) is 3.99. The molecular weight excluding hydrogens is 291 g/mol. The molecule has 112 valence electrons. The summed E-state index contributed by atoms with van der Waals surface area (Å²) in [6.45, 7) is 0. The molecule has 7 heteroatoms. The van der Waals surface area contributed by atoms with Crippen molar-refractivity contribution >= 4 is 10.0 Å². The number of hydrogen-bond donors (Lipinski definition) is 1. The monoisotopic (exact) mass is 307 g/mol. The maximum absolute atomic E-state index is 12.9. The highest BCUT2D eigenvalue weighted by molar-refractivity contribution is 7.89. The molecule has 0 saturated heterocycles. The molecule has 3 nitrogen and oxygen atoms in total.